The summed E-state index contributed by atoms with van der Waals surface area (Å²) in [5.41, 5.74) is 1.84. The number of nitrogens with zero attached hydrogens (tertiary/aromatic N) is 4. The third-order valence-electron chi connectivity index (χ3n) is 5.83. The molecule has 0 unspecified atom stereocenters. The second-order valence-electron chi connectivity index (χ2n) is 11.0. The monoisotopic (exact) mass is 550 g/mol. The summed E-state index contributed by atoms with van der Waals surface area (Å²) >= 11 is 0. The fourth-order valence-electron chi connectivity index (χ4n) is 3.32. The van der Waals surface area contributed by atoms with Gasteiger partial charge in [0.15, 0.2) is 5.82 Å². The molecular formula is C26H33F3N4O4Si. The summed E-state index contributed by atoms with van der Waals surface area (Å²) in [6, 6.07) is 9.49. The predicted octanol–water partition coefficient (Wildman–Crippen LogP) is 6.14. The Morgan fingerprint density at radius 3 is 2.29 bits per heavy atom. The summed E-state index contributed by atoms with van der Waals surface area (Å²) in [5, 5.41) is 12.9. The molecule has 0 saturated heterocycles. The molecule has 0 bridgehead atoms. The first-order chi connectivity index (χ1) is 17.6. The van der Waals surface area contributed by atoms with Crippen molar-refractivity contribution in [1.82, 2.24) is 19.7 Å². The fraction of sp³-hybridized carbons (Fsp3) is 0.462. The van der Waals surface area contributed by atoms with Crippen molar-refractivity contribution >= 4 is 14.0 Å². The van der Waals surface area contributed by atoms with Crippen LogP contribution in [0, 0.1) is 12.3 Å². The quantitative estimate of drug-likeness (QED) is 0.226. The molecule has 1 N–H and O–H groups in total. The van der Waals surface area contributed by atoms with E-state index in [1.54, 1.807) is 50.4 Å². The lowest BCUT2D eigenvalue weighted by molar-refractivity contribution is -0.148. The topological polar surface area (TPSA) is 99.4 Å². The lowest BCUT2D eigenvalue weighted by atomic mass is 9.95. The first-order valence-electron chi connectivity index (χ1n) is 12.1. The number of hydrogen-bond acceptors (Lipinski definition) is 6. The van der Waals surface area contributed by atoms with Gasteiger partial charge in [0.1, 0.15) is 13.3 Å². The maximum Gasteiger partial charge on any atom is 0.453 e. The molecule has 0 saturated carbocycles. The standard InChI is InChI=1S/C26H33F3N4O4Si/c1-17-13-21(37-15-25(2,3)24(34)35)30-14-20(17)18-7-9-19(10-8-18)22-31-23(26(27,28)29)32-33(22)16-36-11-12-38(4,5)6/h7-10,13-14H,11-12,15-16H2,1-6H3,(H,34,35). The minimum atomic E-state index is -4.68. The number of carboxylic acid groups (broad SMARTS) is 1. The van der Waals surface area contributed by atoms with Crippen molar-refractivity contribution in [2.45, 2.75) is 59.4 Å². The number of benzene rings is 1. The van der Waals surface area contributed by atoms with Crippen LogP contribution in [0.15, 0.2) is 36.5 Å². The molecule has 1 aromatic carbocycles. The minimum absolute atomic E-state index is 0.0364. The van der Waals surface area contributed by atoms with Gasteiger partial charge in [-0.1, -0.05) is 43.9 Å². The van der Waals surface area contributed by atoms with Gasteiger partial charge in [-0.2, -0.15) is 13.2 Å². The highest BCUT2D eigenvalue weighted by Crippen LogP contribution is 2.31. The van der Waals surface area contributed by atoms with Crippen molar-refractivity contribution in [3.8, 4) is 28.4 Å². The molecule has 0 aliphatic carbocycles. The number of aryl methyl sites for hydroxylation is 1. The van der Waals surface area contributed by atoms with Gasteiger partial charge in [-0.15, -0.1) is 5.10 Å². The summed E-state index contributed by atoms with van der Waals surface area (Å²) < 4.78 is 52.4. The zero-order valence-electron chi connectivity index (χ0n) is 22.4. The normalized spacial score (nSPS) is 12.6. The van der Waals surface area contributed by atoms with Gasteiger partial charge < -0.3 is 14.6 Å². The van der Waals surface area contributed by atoms with Crippen LogP contribution in [0.1, 0.15) is 25.2 Å². The average molecular weight is 551 g/mol. The number of hydrogen-bond donors (Lipinski definition) is 1. The molecule has 206 valence electrons. The Morgan fingerprint density at radius 1 is 1.11 bits per heavy atom. The molecule has 0 atom stereocenters. The van der Waals surface area contributed by atoms with E-state index in [-0.39, 0.29) is 19.2 Å². The SMILES string of the molecule is Cc1cc(OCC(C)(C)C(=O)O)ncc1-c1ccc(-c2nc(C(F)(F)F)nn2COCC[Si](C)(C)C)cc1. The molecule has 2 aromatic heterocycles. The number of carbonyl (C=O) groups is 1. The number of ether oxygens (including phenoxy) is 2. The van der Waals surface area contributed by atoms with E-state index in [2.05, 4.69) is 34.7 Å². The van der Waals surface area contributed by atoms with E-state index in [0.717, 1.165) is 27.4 Å². The largest absolute Gasteiger partial charge is 0.481 e. The molecule has 0 amide bonds. The van der Waals surface area contributed by atoms with E-state index < -0.39 is 31.5 Å². The number of aromatic nitrogens is 4. The van der Waals surface area contributed by atoms with Crippen LogP contribution in [0.2, 0.25) is 25.7 Å². The zero-order chi connectivity index (χ0) is 28.3. The number of pyridine rings is 1. The second-order valence-corrected chi connectivity index (χ2v) is 16.6. The highest BCUT2D eigenvalue weighted by atomic mass is 28.3. The molecule has 3 rings (SSSR count). The zero-order valence-corrected chi connectivity index (χ0v) is 23.4. The van der Waals surface area contributed by atoms with Gasteiger partial charge in [-0.25, -0.2) is 14.6 Å². The highest BCUT2D eigenvalue weighted by Gasteiger charge is 2.37. The van der Waals surface area contributed by atoms with Gasteiger partial charge in [0, 0.05) is 38.1 Å². The molecule has 0 spiro atoms. The molecule has 8 nitrogen and oxygen atoms in total. The van der Waals surface area contributed by atoms with Crippen LogP contribution < -0.4 is 4.74 Å². The van der Waals surface area contributed by atoms with E-state index in [9.17, 15) is 23.1 Å². The highest BCUT2D eigenvalue weighted by molar-refractivity contribution is 6.76. The number of carboxylic acids is 1. The van der Waals surface area contributed by atoms with Gasteiger partial charge in [-0.3, -0.25) is 4.79 Å². The van der Waals surface area contributed by atoms with Crippen LogP contribution >= 0.6 is 0 Å². The Labute approximate surface area is 220 Å². The summed E-state index contributed by atoms with van der Waals surface area (Å²) in [5.74, 6) is -1.81. The van der Waals surface area contributed by atoms with E-state index in [0.29, 0.717) is 18.1 Å². The van der Waals surface area contributed by atoms with Crippen molar-refractivity contribution in [2.75, 3.05) is 13.2 Å². The molecule has 0 aliphatic heterocycles. The van der Waals surface area contributed by atoms with Gasteiger partial charge in [0.25, 0.3) is 5.82 Å². The van der Waals surface area contributed by atoms with Crippen LogP contribution in [0.25, 0.3) is 22.5 Å². The molecule has 38 heavy (non-hydrogen) atoms. The van der Waals surface area contributed by atoms with Gasteiger partial charge >= 0.3 is 12.1 Å². The van der Waals surface area contributed by atoms with Crippen LogP contribution in [0.5, 0.6) is 5.88 Å². The van der Waals surface area contributed by atoms with Crippen LogP contribution in [0.3, 0.4) is 0 Å². The van der Waals surface area contributed by atoms with Gasteiger partial charge in [-0.05, 0) is 37.9 Å². The Hall–Kier alpha value is -3.25. The molecule has 3 aromatic rings. The minimum Gasteiger partial charge on any atom is -0.481 e. The Balaban J connectivity index is 1.80. The first kappa shape index (κ1) is 29.3. The maximum atomic E-state index is 13.3. The molecule has 0 aliphatic rings. The lowest BCUT2D eigenvalue weighted by Crippen LogP contribution is -2.30. The molecule has 0 fully saturated rings. The van der Waals surface area contributed by atoms with E-state index in [4.69, 9.17) is 9.47 Å². The van der Waals surface area contributed by atoms with Crippen LogP contribution in [0.4, 0.5) is 13.2 Å². The van der Waals surface area contributed by atoms with Crippen molar-refractivity contribution in [3.05, 3.63) is 47.9 Å². The second kappa shape index (κ2) is 11.2. The molecular weight excluding hydrogens is 517 g/mol. The smallest absolute Gasteiger partial charge is 0.453 e. The third kappa shape index (κ3) is 7.64. The fourth-order valence-corrected chi connectivity index (χ4v) is 4.08. The Morgan fingerprint density at radius 2 is 1.74 bits per heavy atom. The number of rotatable bonds is 11. The van der Waals surface area contributed by atoms with Crippen molar-refractivity contribution < 1.29 is 32.5 Å². The average Bonchev–Trinajstić information content (AvgIpc) is 3.25. The van der Waals surface area contributed by atoms with Crippen molar-refractivity contribution in [3.63, 3.8) is 0 Å². The summed E-state index contributed by atoms with van der Waals surface area (Å²) in [4.78, 5) is 19.3. The van der Waals surface area contributed by atoms with E-state index >= 15 is 0 Å². The van der Waals surface area contributed by atoms with Gasteiger partial charge in [0.2, 0.25) is 5.88 Å². The van der Waals surface area contributed by atoms with E-state index in [1.807, 2.05) is 6.92 Å². The van der Waals surface area contributed by atoms with Crippen LogP contribution in [-0.4, -0.2) is 52.1 Å². The summed E-state index contributed by atoms with van der Waals surface area (Å²) in [6.07, 6.45) is -3.06. The van der Waals surface area contributed by atoms with E-state index in [1.165, 1.54) is 0 Å². The summed E-state index contributed by atoms with van der Waals surface area (Å²) in [6.45, 7) is 11.8. The first-order valence-corrected chi connectivity index (χ1v) is 15.8. The third-order valence-corrected chi connectivity index (χ3v) is 7.54. The Kier molecular flexibility index (Phi) is 8.67. The number of alkyl halides is 3. The molecule has 12 heteroatoms. The molecule has 2 heterocycles. The van der Waals surface area contributed by atoms with Gasteiger partial charge in [0.05, 0.1) is 5.41 Å². The predicted molar refractivity (Wildman–Crippen MR) is 139 cm³/mol. The van der Waals surface area contributed by atoms with Crippen molar-refractivity contribution in [2.24, 2.45) is 5.41 Å². The van der Waals surface area contributed by atoms with Crippen molar-refractivity contribution in [1.29, 1.82) is 0 Å². The Bertz CT molecular complexity index is 1270. The van der Waals surface area contributed by atoms with Crippen LogP contribution in [-0.2, 0) is 22.4 Å². The maximum absolute atomic E-state index is 13.3. The lowest BCUT2D eigenvalue weighted by Gasteiger charge is -2.19. The summed E-state index contributed by atoms with van der Waals surface area (Å²) in [7, 11) is -1.35. The number of halogens is 3. The molecule has 0 radical (unpaired) electrons. The number of aliphatic carboxylic acids is 1.